The van der Waals surface area contributed by atoms with E-state index in [0.717, 1.165) is 16.6 Å². The van der Waals surface area contributed by atoms with Gasteiger partial charge in [-0.15, -0.1) is 0 Å². The summed E-state index contributed by atoms with van der Waals surface area (Å²) in [5, 5.41) is 0.686. The summed E-state index contributed by atoms with van der Waals surface area (Å²) in [6, 6.07) is 22.6. The monoisotopic (exact) mass is 406 g/mol. The van der Waals surface area contributed by atoms with Crippen LogP contribution in [-0.2, 0) is 13.1 Å². The maximum atomic E-state index is 12.9. The van der Waals surface area contributed by atoms with Crippen LogP contribution in [0.1, 0.15) is 15.9 Å². The second-order valence-corrected chi connectivity index (χ2v) is 7.17. The number of benzene rings is 3. The number of carbonyl (C=O) groups is 1. The van der Waals surface area contributed by atoms with Gasteiger partial charge < -0.3 is 4.74 Å². The maximum Gasteiger partial charge on any atom is 0.356 e. The van der Waals surface area contributed by atoms with Crippen LogP contribution in [0.15, 0.2) is 72.8 Å². The molecule has 1 heterocycles. The van der Waals surface area contributed by atoms with Crippen LogP contribution in [0.25, 0.3) is 11.0 Å². The number of aromatic nitrogens is 2. The normalized spacial score (nSPS) is 11.0. The number of hydrogen-bond donors (Lipinski definition) is 1. The lowest BCUT2D eigenvalue weighted by atomic mass is 10.1. The molecule has 0 aliphatic rings. The molecule has 0 aliphatic carbocycles. The van der Waals surface area contributed by atoms with E-state index >= 15 is 0 Å². The van der Waals surface area contributed by atoms with Crippen molar-refractivity contribution >= 4 is 34.4 Å². The molecular weight excluding hydrogens is 386 g/mol. The minimum Gasteiger partial charge on any atom is -0.497 e. The standard InChI is InChI=1S/C23H20ClN3O2/c1-29-18-12-10-16(11-13-18)22(28)15-27-21-9-5-4-8-20(21)26(23(27)25)14-17-6-2-3-7-19(17)24/h2-13,25H,14-15H2,1H3/p+1. The Bertz CT molecular complexity index is 1180. The lowest BCUT2D eigenvalue weighted by Gasteiger charge is -2.05. The quantitative estimate of drug-likeness (QED) is 0.387. The van der Waals surface area contributed by atoms with E-state index in [0.29, 0.717) is 28.8 Å². The van der Waals surface area contributed by atoms with Gasteiger partial charge in [-0.05, 0) is 42.5 Å². The van der Waals surface area contributed by atoms with Crippen molar-refractivity contribution in [2.24, 2.45) is 0 Å². The number of ether oxygens (including phenoxy) is 1. The van der Waals surface area contributed by atoms with E-state index in [1.54, 1.807) is 31.4 Å². The molecule has 6 heteroatoms. The number of methoxy groups -OCH3 is 1. The SMILES string of the molecule is COc1ccc(C(=O)Cn2c(N)[n+](Cc3ccccc3Cl)c3ccccc32)cc1. The Morgan fingerprint density at radius 3 is 2.45 bits per heavy atom. The van der Waals surface area contributed by atoms with E-state index in [4.69, 9.17) is 22.1 Å². The molecule has 0 unspecified atom stereocenters. The Hall–Kier alpha value is -3.31. The van der Waals surface area contributed by atoms with Crippen LogP contribution < -0.4 is 15.0 Å². The zero-order valence-electron chi connectivity index (χ0n) is 16.0. The average Bonchev–Trinajstić information content (AvgIpc) is 3.01. The van der Waals surface area contributed by atoms with Gasteiger partial charge in [0, 0.05) is 16.1 Å². The Kier molecular flexibility index (Phi) is 5.23. The number of ketones is 1. The lowest BCUT2D eigenvalue weighted by molar-refractivity contribution is -0.648. The van der Waals surface area contributed by atoms with Crippen molar-refractivity contribution in [1.29, 1.82) is 0 Å². The summed E-state index contributed by atoms with van der Waals surface area (Å²) in [4.78, 5) is 12.9. The van der Waals surface area contributed by atoms with Gasteiger partial charge in [-0.1, -0.05) is 41.9 Å². The van der Waals surface area contributed by atoms with Gasteiger partial charge in [0.2, 0.25) is 0 Å². The third-order valence-electron chi connectivity index (χ3n) is 5.02. The summed E-state index contributed by atoms with van der Waals surface area (Å²) in [5.74, 6) is 1.20. The number of para-hydroxylation sites is 2. The molecule has 4 rings (SSSR count). The second-order valence-electron chi connectivity index (χ2n) is 6.76. The highest BCUT2D eigenvalue weighted by Crippen LogP contribution is 2.21. The van der Waals surface area contributed by atoms with Gasteiger partial charge in [-0.3, -0.25) is 10.5 Å². The molecular formula is C23H21ClN3O2+. The van der Waals surface area contributed by atoms with Gasteiger partial charge in [-0.2, -0.15) is 0 Å². The first-order valence-corrected chi connectivity index (χ1v) is 9.63. The number of nitrogens with two attached hydrogens (primary N) is 1. The van der Waals surface area contributed by atoms with Crippen molar-refractivity contribution in [2.75, 3.05) is 12.8 Å². The highest BCUT2D eigenvalue weighted by molar-refractivity contribution is 6.31. The predicted octanol–water partition coefficient (Wildman–Crippen LogP) is 4.10. The number of imidazole rings is 1. The molecule has 4 aromatic rings. The fourth-order valence-electron chi connectivity index (χ4n) is 3.45. The Morgan fingerprint density at radius 2 is 1.72 bits per heavy atom. The third kappa shape index (κ3) is 3.69. The predicted molar refractivity (Wildman–Crippen MR) is 114 cm³/mol. The van der Waals surface area contributed by atoms with E-state index in [9.17, 15) is 4.79 Å². The van der Waals surface area contributed by atoms with Crippen molar-refractivity contribution in [2.45, 2.75) is 13.1 Å². The summed E-state index contributed by atoms with van der Waals surface area (Å²) in [6.45, 7) is 0.671. The van der Waals surface area contributed by atoms with Gasteiger partial charge in [0.25, 0.3) is 0 Å². The van der Waals surface area contributed by atoms with E-state index in [1.807, 2.05) is 57.7 Å². The van der Waals surface area contributed by atoms with Crippen molar-refractivity contribution in [3.8, 4) is 5.75 Å². The van der Waals surface area contributed by atoms with Gasteiger partial charge >= 0.3 is 5.95 Å². The summed E-state index contributed by atoms with van der Waals surface area (Å²) in [5.41, 5.74) is 9.93. The molecule has 0 saturated heterocycles. The number of nitrogen functional groups attached to an aromatic ring is 1. The third-order valence-corrected chi connectivity index (χ3v) is 5.39. The smallest absolute Gasteiger partial charge is 0.356 e. The molecule has 1 aromatic heterocycles. The molecule has 0 radical (unpaired) electrons. The molecule has 0 saturated carbocycles. The highest BCUT2D eigenvalue weighted by atomic mass is 35.5. The van der Waals surface area contributed by atoms with Crippen molar-refractivity contribution in [3.05, 3.63) is 88.9 Å². The average molecular weight is 407 g/mol. The number of anilines is 1. The largest absolute Gasteiger partial charge is 0.497 e. The van der Waals surface area contributed by atoms with Crippen LogP contribution in [0.5, 0.6) is 5.75 Å². The maximum absolute atomic E-state index is 12.9. The van der Waals surface area contributed by atoms with Crippen LogP contribution in [0.4, 0.5) is 5.95 Å². The number of Topliss-reactive ketones (excluding diaryl/α,β-unsaturated/α-hetero) is 1. The minimum absolute atomic E-state index is 0.0231. The van der Waals surface area contributed by atoms with E-state index < -0.39 is 0 Å². The number of fused-ring (bicyclic) bond motifs is 1. The molecule has 3 aromatic carbocycles. The van der Waals surface area contributed by atoms with Gasteiger partial charge in [-0.25, -0.2) is 9.13 Å². The van der Waals surface area contributed by atoms with Crippen molar-refractivity contribution in [1.82, 2.24) is 4.57 Å². The van der Waals surface area contributed by atoms with Gasteiger partial charge in [0.1, 0.15) is 23.3 Å². The van der Waals surface area contributed by atoms with E-state index in [-0.39, 0.29) is 12.3 Å². The first-order valence-electron chi connectivity index (χ1n) is 9.25. The van der Waals surface area contributed by atoms with E-state index in [2.05, 4.69) is 0 Å². The Labute approximate surface area is 173 Å². The number of carbonyl (C=O) groups excluding carboxylic acids is 1. The van der Waals surface area contributed by atoms with Crippen LogP contribution in [0.3, 0.4) is 0 Å². The van der Waals surface area contributed by atoms with Crippen molar-refractivity contribution in [3.63, 3.8) is 0 Å². The molecule has 0 spiro atoms. The van der Waals surface area contributed by atoms with Gasteiger partial charge in [0.15, 0.2) is 5.78 Å². The van der Waals surface area contributed by atoms with E-state index in [1.165, 1.54) is 0 Å². The molecule has 0 fully saturated rings. The molecule has 146 valence electrons. The topological polar surface area (TPSA) is 61.1 Å². The highest BCUT2D eigenvalue weighted by Gasteiger charge is 2.23. The number of hydrogen-bond acceptors (Lipinski definition) is 3. The van der Waals surface area contributed by atoms with Crippen molar-refractivity contribution < 1.29 is 14.1 Å². The molecule has 0 atom stereocenters. The number of halogens is 1. The first kappa shape index (κ1) is 19.0. The summed E-state index contributed by atoms with van der Waals surface area (Å²) in [7, 11) is 1.60. The zero-order chi connectivity index (χ0) is 20.4. The molecule has 5 nitrogen and oxygen atoms in total. The summed E-state index contributed by atoms with van der Waals surface area (Å²) in [6.07, 6.45) is 0. The first-order chi connectivity index (χ1) is 14.1. The van der Waals surface area contributed by atoms with Gasteiger partial charge in [0.05, 0.1) is 13.7 Å². The second kappa shape index (κ2) is 7.97. The number of rotatable bonds is 6. The molecule has 0 amide bonds. The fourth-order valence-corrected chi connectivity index (χ4v) is 3.65. The lowest BCUT2D eigenvalue weighted by Crippen LogP contribution is -2.37. The fraction of sp³-hybridized carbons (Fsp3) is 0.130. The summed E-state index contributed by atoms with van der Waals surface area (Å²) < 4.78 is 8.99. The zero-order valence-corrected chi connectivity index (χ0v) is 16.8. The summed E-state index contributed by atoms with van der Waals surface area (Å²) >= 11 is 6.35. The van der Waals surface area contributed by atoms with Crippen LogP contribution >= 0.6 is 11.6 Å². The minimum atomic E-state index is -0.0231. The van der Waals surface area contributed by atoms with Crippen LogP contribution in [0, 0.1) is 0 Å². The Morgan fingerprint density at radius 1 is 1.03 bits per heavy atom. The molecule has 2 N–H and O–H groups in total. The van der Waals surface area contributed by atoms with Crippen LogP contribution in [-0.4, -0.2) is 17.5 Å². The van der Waals surface area contributed by atoms with Crippen LogP contribution in [0.2, 0.25) is 5.02 Å². The molecule has 29 heavy (non-hydrogen) atoms. The molecule has 0 aliphatic heterocycles. The Balaban J connectivity index is 1.72. The number of nitrogens with zero attached hydrogens (tertiary/aromatic N) is 2. The molecule has 0 bridgehead atoms.